The first kappa shape index (κ1) is 18.7. The van der Waals surface area contributed by atoms with Gasteiger partial charge in [0, 0.05) is 39.3 Å². The lowest BCUT2D eigenvalue weighted by Crippen LogP contribution is -2.47. The van der Waals surface area contributed by atoms with Crippen molar-refractivity contribution in [1.29, 1.82) is 0 Å². The molecule has 1 aliphatic heterocycles. The fourth-order valence-electron chi connectivity index (χ4n) is 2.71. The maximum absolute atomic E-state index is 12.2. The number of carbonyl (C=O) groups is 1. The molecule has 1 amide bonds. The molecule has 5 nitrogen and oxygen atoms in total. The Morgan fingerprint density at radius 1 is 1.33 bits per heavy atom. The highest BCUT2D eigenvalue weighted by atomic mass is 16.5. The summed E-state index contributed by atoms with van der Waals surface area (Å²) in [6.45, 7) is 14.0. The van der Waals surface area contributed by atoms with Gasteiger partial charge >= 0.3 is 0 Å². The Kier molecular flexibility index (Phi) is 6.63. The van der Waals surface area contributed by atoms with Crippen LogP contribution in [0.4, 0.5) is 0 Å². The Morgan fingerprint density at radius 3 is 2.71 bits per heavy atom. The predicted molar refractivity (Wildman–Crippen MR) is 97.6 cm³/mol. The molecule has 24 heavy (non-hydrogen) atoms. The number of nitrogens with one attached hydrogen (secondary N) is 2. The van der Waals surface area contributed by atoms with Crippen molar-refractivity contribution >= 4 is 5.91 Å². The Hall–Kier alpha value is -1.59. The molecule has 2 N–H and O–H groups in total. The van der Waals surface area contributed by atoms with E-state index in [2.05, 4.69) is 42.4 Å². The van der Waals surface area contributed by atoms with E-state index < -0.39 is 6.10 Å². The first-order chi connectivity index (χ1) is 11.4. The minimum atomic E-state index is -0.497. The maximum Gasteiger partial charge on any atom is 0.260 e. The molecule has 1 aliphatic rings. The first-order valence-corrected chi connectivity index (χ1v) is 8.84. The van der Waals surface area contributed by atoms with Gasteiger partial charge in [-0.3, -0.25) is 9.69 Å². The molecule has 1 aromatic rings. The van der Waals surface area contributed by atoms with Gasteiger partial charge in [-0.15, -0.1) is 0 Å². The van der Waals surface area contributed by atoms with Gasteiger partial charge in [-0.05, 0) is 30.0 Å². The van der Waals surface area contributed by atoms with E-state index in [1.54, 1.807) is 6.92 Å². The van der Waals surface area contributed by atoms with Crippen molar-refractivity contribution in [3.63, 3.8) is 0 Å². The molecule has 0 radical (unpaired) electrons. The van der Waals surface area contributed by atoms with E-state index in [4.69, 9.17) is 4.74 Å². The summed E-state index contributed by atoms with van der Waals surface area (Å²) in [7, 11) is 0. The number of hydrogen-bond donors (Lipinski definition) is 2. The Bertz CT molecular complexity index is 534. The van der Waals surface area contributed by atoms with Crippen LogP contribution in [0.15, 0.2) is 24.3 Å². The second kappa shape index (κ2) is 8.49. The van der Waals surface area contributed by atoms with Gasteiger partial charge in [0.15, 0.2) is 6.10 Å². The minimum Gasteiger partial charge on any atom is -0.481 e. The van der Waals surface area contributed by atoms with Crippen LogP contribution in [-0.2, 0) is 10.2 Å². The topological polar surface area (TPSA) is 53.6 Å². The molecule has 1 aromatic carbocycles. The molecular weight excluding hydrogens is 302 g/mol. The lowest BCUT2D eigenvalue weighted by molar-refractivity contribution is -0.127. The fraction of sp³-hybridized carbons (Fsp3) is 0.632. The van der Waals surface area contributed by atoms with Crippen LogP contribution in [0.2, 0.25) is 0 Å². The second-order valence-corrected chi connectivity index (χ2v) is 7.42. The standard InChI is InChI=1S/C19H31N3O2/c1-15(18(23)21-10-13-22-11-8-20-9-12-22)24-17-7-5-6-16(14-17)19(2,3)4/h5-7,14-15,20H,8-13H2,1-4H3,(H,21,23). The van der Waals surface area contributed by atoms with Gasteiger partial charge < -0.3 is 15.4 Å². The highest BCUT2D eigenvalue weighted by Crippen LogP contribution is 2.26. The first-order valence-electron chi connectivity index (χ1n) is 8.84. The van der Waals surface area contributed by atoms with Gasteiger partial charge in [-0.1, -0.05) is 32.9 Å². The average molecular weight is 333 g/mol. The number of nitrogens with zero attached hydrogens (tertiary/aromatic N) is 1. The van der Waals surface area contributed by atoms with Gasteiger partial charge in [0.05, 0.1) is 0 Å². The summed E-state index contributed by atoms with van der Waals surface area (Å²) in [6, 6.07) is 7.99. The van der Waals surface area contributed by atoms with Crippen LogP contribution in [-0.4, -0.2) is 56.2 Å². The van der Waals surface area contributed by atoms with Crippen LogP contribution >= 0.6 is 0 Å². The number of piperazine rings is 1. The zero-order chi connectivity index (χ0) is 17.6. The number of benzene rings is 1. The van der Waals surface area contributed by atoms with E-state index in [-0.39, 0.29) is 11.3 Å². The highest BCUT2D eigenvalue weighted by Gasteiger charge is 2.18. The Morgan fingerprint density at radius 2 is 2.04 bits per heavy atom. The quantitative estimate of drug-likeness (QED) is 0.833. The average Bonchev–Trinajstić information content (AvgIpc) is 2.55. The summed E-state index contributed by atoms with van der Waals surface area (Å²) in [4.78, 5) is 14.6. The number of hydrogen-bond acceptors (Lipinski definition) is 4. The van der Waals surface area contributed by atoms with Gasteiger partial charge in [0.2, 0.25) is 0 Å². The molecule has 1 unspecified atom stereocenters. The van der Waals surface area contributed by atoms with Crippen molar-refractivity contribution in [3.8, 4) is 5.75 Å². The van der Waals surface area contributed by atoms with E-state index >= 15 is 0 Å². The number of rotatable bonds is 6. The lowest BCUT2D eigenvalue weighted by Gasteiger charge is -2.27. The zero-order valence-corrected chi connectivity index (χ0v) is 15.4. The molecule has 2 rings (SSSR count). The van der Waals surface area contributed by atoms with Crippen molar-refractivity contribution in [2.24, 2.45) is 0 Å². The lowest BCUT2D eigenvalue weighted by atomic mass is 9.87. The smallest absolute Gasteiger partial charge is 0.260 e. The SMILES string of the molecule is CC(Oc1cccc(C(C)(C)C)c1)C(=O)NCCN1CCNCC1. The van der Waals surface area contributed by atoms with Crippen LogP contribution in [0, 0.1) is 0 Å². The van der Waals surface area contributed by atoms with Crippen LogP contribution in [0.3, 0.4) is 0 Å². The third-order valence-corrected chi connectivity index (χ3v) is 4.32. The summed E-state index contributed by atoms with van der Waals surface area (Å²) >= 11 is 0. The number of ether oxygens (including phenoxy) is 1. The van der Waals surface area contributed by atoms with Crippen molar-refractivity contribution in [2.75, 3.05) is 39.3 Å². The number of amides is 1. The third-order valence-electron chi connectivity index (χ3n) is 4.32. The van der Waals surface area contributed by atoms with Crippen LogP contribution in [0.5, 0.6) is 5.75 Å². The van der Waals surface area contributed by atoms with Crippen molar-refractivity contribution in [1.82, 2.24) is 15.5 Å². The second-order valence-electron chi connectivity index (χ2n) is 7.42. The molecule has 1 saturated heterocycles. The van der Waals surface area contributed by atoms with Gasteiger partial charge in [0.25, 0.3) is 5.91 Å². The van der Waals surface area contributed by atoms with E-state index in [9.17, 15) is 4.79 Å². The van der Waals surface area contributed by atoms with Crippen molar-refractivity contribution in [3.05, 3.63) is 29.8 Å². The molecule has 0 aliphatic carbocycles. The van der Waals surface area contributed by atoms with E-state index in [0.717, 1.165) is 38.5 Å². The van der Waals surface area contributed by atoms with Crippen LogP contribution < -0.4 is 15.4 Å². The summed E-state index contributed by atoms with van der Waals surface area (Å²) < 4.78 is 5.82. The van der Waals surface area contributed by atoms with Crippen molar-refractivity contribution < 1.29 is 9.53 Å². The summed E-state index contributed by atoms with van der Waals surface area (Å²) in [5, 5.41) is 6.29. The van der Waals surface area contributed by atoms with E-state index in [1.165, 1.54) is 5.56 Å². The minimum absolute atomic E-state index is 0.0636. The third kappa shape index (κ3) is 5.80. The molecule has 1 heterocycles. The molecule has 5 heteroatoms. The normalized spacial score (nSPS) is 17.3. The largest absolute Gasteiger partial charge is 0.481 e. The molecule has 1 fully saturated rings. The number of carbonyl (C=O) groups excluding carboxylic acids is 1. The molecule has 134 valence electrons. The summed E-state index contributed by atoms with van der Waals surface area (Å²) in [5.74, 6) is 0.679. The van der Waals surface area contributed by atoms with Gasteiger partial charge in [0.1, 0.15) is 5.75 Å². The van der Waals surface area contributed by atoms with Crippen molar-refractivity contribution in [2.45, 2.75) is 39.2 Å². The van der Waals surface area contributed by atoms with Crippen LogP contribution in [0.25, 0.3) is 0 Å². The molecule has 0 bridgehead atoms. The Labute approximate surface area is 145 Å². The molecule has 0 aromatic heterocycles. The zero-order valence-electron chi connectivity index (χ0n) is 15.4. The highest BCUT2D eigenvalue weighted by molar-refractivity contribution is 5.80. The van der Waals surface area contributed by atoms with E-state index in [0.29, 0.717) is 6.54 Å². The predicted octanol–water partition coefficient (Wildman–Crippen LogP) is 1.77. The molecule has 1 atom stereocenters. The maximum atomic E-state index is 12.2. The Balaban J connectivity index is 1.78. The van der Waals surface area contributed by atoms with Gasteiger partial charge in [-0.2, -0.15) is 0 Å². The summed E-state index contributed by atoms with van der Waals surface area (Å²) in [6.07, 6.45) is -0.497. The van der Waals surface area contributed by atoms with E-state index in [1.807, 2.05) is 18.2 Å². The fourth-order valence-corrected chi connectivity index (χ4v) is 2.71. The summed E-state index contributed by atoms with van der Waals surface area (Å²) in [5.41, 5.74) is 1.26. The van der Waals surface area contributed by atoms with Gasteiger partial charge in [-0.25, -0.2) is 0 Å². The molecular formula is C19H31N3O2. The monoisotopic (exact) mass is 333 g/mol. The molecule has 0 saturated carbocycles. The van der Waals surface area contributed by atoms with Crippen LogP contribution in [0.1, 0.15) is 33.3 Å². The molecule has 0 spiro atoms.